The summed E-state index contributed by atoms with van der Waals surface area (Å²) in [7, 11) is 0. The molecule has 0 aliphatic carbocycles. The van der Waals surface area contributed by atoms with Gasteiger partial charge >= 0.3 is 0 Å². The van der Waals surface area contributed by atoms with Crippen molar-refractivity contribution >= 4 is 5.78 Å². The van der Waals surface area contributed by atoms with Crippen molar-refractivity contribution in [3.63, 3.8) is 0 Å². The summed E-state index contributed by atoms with van der Waals surface area (Å²) in [6.45, 7) is 9.80. The molecule has 1 heteroatoms. The van der Waals surface area contributed by atoms with E-state index >= 15 is 0 Å². The van der Waals surface area contributed by atoms with E-state index in [1.54, 1.807) is 0 Å². The molecule has 0 saturated carbocycles. The fourth-order valence-electron chi connectivity index (χ4n) is 1.02. The summed E-state index contributed by atoms with van der Waals surface area (Å²) in [6.07, 6.45) is 0. The van der Waals surface area contributed by atoms with E-state index in [4.69, 9.17) is 0 Å². The van der Waals surface area contributed by atoms with Gasteiger partial charge in [-0.1, -0.05) is 65.0 Å². The standard InChI is InChI=1S/C11H14O.C2H6/c1-11(2,3)10(12)9-7-5-4-6-8-9;1-2/h4-8H,1-3H3;1-2H3. The third kappa shape index (κ3) is 3.73. The molecule has 14 heavy (non-hydrogen) atoms. The van der Waals surface area contributed by atoms with Gasteiger partial charge in [-0.15, -0.1) is 0 Å². The zero-order valence-electron chi connectivity index (χ0n) is 9.79. The van der Waals surface area contributed by atoms with E-state index in [1.807, 2.05) is 65.0 Å². The van der Waals surface area contributed by atoms with Crippen LogP contribution >= 0.6 is 0 Å². The summed E-state index contributed by atoms with van der Waals surface area (Å²) < 4.78 is 0. The van der Waals surface area contributed by atoms with Gasteiger partial charge in [-0.2, -0.15) is 0 Å². The Hall–Kier alpha value is -1.11. The van der Waals surface area contributed by atoms with Gasteiger partial charge in [0.25, 0.3) is 0 Å². The Morgan fingerprint density at radius 2 is 1.43 bits per heavy atom. The van der Waals surface area contributed by atoms with Crippen molar-refractivity contribution < 1.29 is 4.79 Å². The molecule has 0 N–H and O–H groups in total. The summed E-state index contributed by atoms with van der Waals surface area (Å²) in [5, 5.41) is 0. The fourth-order valence-corrected chi connectivity index (χ4v) is 1.02. The number of rotatable bonds is 1. The second kappa shape index (κ2) is 5.58. The van der Waals surface area contributed by atoms with Gasteiger partial charge in [0.15, 0.2) is 5.78 Å². The second-order valence-electron chi connectivity index (χ2n) is 3.95. The van der Waals surface area contributed by atoms with E-state index in [9.17, 15) is 4.79 Å². The molecule has 0 fully saturated rings. The summed E-state index contributed by atoms with van der Waals surface area (Å²) in [6, 6.07) is 9.40. The largest absolute Gasteiger partial charge is 0.294 e. The molecule has 1 aromatic carbocycles. The van der Waals surface area contributed by atoms with E-state index in [0.717, 1.165) is 5.56 Å². The van der Waals surface area contributed by atoms with Crippen molar-refractivity contribution in [3.8, 4) is 0 Å². The molecule has 0 atom stereocenters. The van der Waals surface area contributed by atoms with Gasteiger partial charge in [0.2, 0.25) is 0 Å². The number of carbonyl (C=O) groups is 1. The molecule has 1 nitrogen and oxygen atoms in total. The Balaban J connectivity index is 0.000000791. The predicted molar refractivity (Wildman–Crippen MR) is 61.6 cm³/mol. The van der Waals surface area contributed by atoms with Crippen molar-refractivity contribution in [1.82, 2.24) is 0 Å². The van der Waals surface area contributed by atoms with Gasteiger partial charge in [-0.3, -0.25) is 4.79 Å². The molecule has 1 rings (SSSR count). The van der Waals surface area contributed by atoms with Crippen LogP contribution in [0.4, 0.5) is 0 Å². The van der Waals surface area contributed by atoms with Crippen LogP contribution in [0.3, 0.4) is 0 Å². The highest BCUT2D eigenvalue weighted by Gasteiger charge is 2.21. The third-order valence-electron chi connectivity index (χ3n) is 1.72. The molecule has 78 valence electrons. The van der Waals surface area contributed by atoms with E-state index in [2.05, 4.69) is 0 Å². The molecular formula is C13H20O. The Morgan fingerprint density at radius 3 is 1.79 bits per heavy atom. The van der Waals surface area contributed by atoms with Crippen LogP contribution in [0.15, 0.2) is 30.3 Å². The van der Waals surface area contributed by atoms with Crippen LogP contribution in [-0.4, -0.2) is 5.78 Å². The molecule has 0 aromatic heterocycles. The van der Waals surface area contributed by atoms with E-state index in [1.165, 1.54) is 0 Å². The average Bonchev–Trinajstić information content (AvgIpc) is 2.20. The summed E-state index contributed by atoms with van der Waals surface area (Å²) in [4.78, 5) is 11.7. The van der Waals surface area contributed by atoms with Crippen LogP contribution < -0.4 is 0 Å². The molecule has 0 aliphatic rings. The Kier molecular flexibility index (Phi) is 5.14. The lowest BCUT2D eigenvalue weighted by atomic mass is 9.87. The lowest BCUT2D eigenvalue weighted by Crippen LogP contribution is -2.19. The minimum atomic E-state index is -0.276. The minimum absolute atomic E-state index is 0.197. The molecule has 0 spiro atoms. The third-order valence-corrected chi connectivity index (χ3v) is 1.72. The molecule has 0 amide bonds. The SMILES string of the molecule is CC.CC(C)(C)C(=O)c1ccccc1. The van der Waals surface area contributed by atoms with Crippen molar-refractivity contribution in [2.24, 2.45) is 5.41 Å². The summed E-state index contributed by atoms with van der Waals surface area (Å²) in [5.41, 5.74) is 0.520. The molecule has 0 saturated heterocycles. The molecule has 0 heterocycles. The second-order valence-corrected chi connectivity index (χ2v) is 3.95. The fraction of sp³-hybridized carbons (Fsp3) is 0.462. The van der Waals surface area contributed by atoms with Gasteiger partial charge in [0.05, 0.1) is 0 Å². The van der Waals surface area contributed by atoms with Crippen LogP contribution in [0, 0.1) is 5.41 Å². The minimum Gasteiger partial charge on any atom is -0.294 e. The van der Waals surface area contributed by atoms with Crippen LogP contribution in [0.25, 0.3) is 0 Å². The first-order valence-electron chi connectivity index (χ1n) is 5.11. The van der Waals surface area contributed by atoms with Gasteiger partial charge in [-0.05, 0) is 0 Å². The van der Waals surface area contributed by atoms with E-state index in [0.29, 0.717) is 0 Å². The lowest BCUT2D eigenvalue weighted by molar-refractivity contribution is 0.0858. The smallest absolute Gasteiger partial charge is 0.168 e. The summed E-state index contributed by atoms with van der Waals surface area (Å²) >= 11 is 0. The molecule has 0 bridgehead atoms. The average molecular weight is 192 g/mol. The van der Waals surface area contributed by atoms with Gasteiger partial charge in [0, 0.05) is 11.0 Å². The monoisotopic (exact) mass is 192 g/mol. The van der Waals surface area contributed by atoms with Crippen molar-refractivity contribution in [2.45, 2.75) is 34.6 Å². The van der Waals surface area contributed by atoms with Crippen LogP contribution in [0.2, 0.25) is 0 Å². The Bertz CT molecular complexity index is 267. The van der Waals surface area contributed by atoms with Gasteiger partial charge in [0.1, 0.15) is 0 Å². The number of carbonyl (C=O) groups excluding carboxylic acids is 1. The number of benzene rings is 1. The van der Waals surface area contributed by atoms with Crippen molar-refractivity contribution in [3.05, 3.63) is 35.9 Å². The van der Waals surface area contributed by atoms with E-state index in [-0.39, 0.29) is 11.2 Å². The molecule has 0 radical (unpaired) electrons. The highest BCUT2D eigenvalue weighted by Crippen LogP contribution is 2.19. The first kappa shape index (κ1) is 12.9. The number of ketones is 1. The first-order valence-corrected chi connectivity index (χ1v) is 5.11. The van der Waals surface area contributed by atoms with Gasteiger partial charge < -0.3 is 0 Å². The van der Waals surface area contributed by atoms with Crippen molar-refractivity contribution in [1.29, 1.82) is 0 Å². The maximum atomic E-state index is 11.7. The lowest BCUT2D eigenvalue weighted by Gasteiger charge is -2.16. The van der Waals surface area contributed by atoms with Crippen LogP contribution in [0.5, 0.6) is 0 Å². The summed E-state index contributed by atoms with van der Waals surface area (Å²) in [5.74, 6) is 0.197. The number of hydrogen-bond acceptors (Lipinski definition) is 1. The number of hydrogen-bond donors (Lipinski definition) is 0. The molecule has 0 aliphatic heterocycles. The van der Waals surface area contributed by atoms with Crippen molar-refractivity contribution in [2.75, 3.05) is 0 Å². The van der Waals surface area contributed by atoms with Crippen LogP contribution in [-0.2, 0) is 0 Å². The quantitative estimate of drug-likeness (QED) is 0.616. The normalized spacial score (nSPS) is 10.1. The van der Waals surface area contributed by atoms with Gasteiger partial charge in [-0.25, -0.2) is 0 Å². The maximum absolute atomic E-state index is 11.7. The zero-order valence-corrected chi connectivity index (χ0v) is 9.79. The topological polar surface area (TPSA) is 17.1 Å². The van der Waals surface area contributed by atoms with E-state index < -0.39 is 0 Å². The highest BCUT2D eigenvalue weighted by atomic mass is 16.1. The Morgan fingerprint density at radius 1 is 1.00 bits per heavy atom. The maximum Gasteiger partial charge on any atom is 0.168 e. The highest BCUT2D eigenvalue weighted by molar-refractivity contribution is 5.99. The predicted octanol–water partition coefficient (Wildman–Crippen LogP) is 3.94. The Labute approximate surface area is 87.2 Å². The molecule has 1 aromatic rings. The molecular weight excluding hydrogens is 172 g/mol. The number of Topliss-reactive ketones (excluding diaryl/α,β-unsaturated/α-hetero) is 1. The van der Waals surface area contributed by atoms with Crippen LogP contribution in [0.1, 0.15) is 45.0 Å². The molecule has 0 unspecified atom stereocenters. The first-order chi connectivity index (χ1) is 6.52. The zero-order chi connectivity index (χ0) is 11.2.